The number of amides is 1. The molecule has 0 aromatic carbocycles. The smallest absolute Gasteiger partial charge is 0.230 e. The van der Waals surface area contributed by atoms with Crippen molar-refractivity contribution in [1.29, 1.82) is 0 Å². The molecule has 0 radical (unpaired) electrons. The second-order valence-electron chi connectivity index (χ2n) is 5.62. The predicted molar refractivity (Wildman–Crippen MR) is 71.5 cm³/mol. The first-order valence-corrected chi connectivity index (χ1v) is 6.04. The molecule has 0 aliphatic heterocycles. The summed E-state index contributed by atoms with van der Waals surface area (Å²) in [5.41, 5.74) is -0.0551. The first-order chi connectivity index (χ1) is 8.23. The topological polar surface area (TPSA) is 59.1 Å². The average Bonchev–Trinajstić information content (AvgIpc) is 2.27. The van der Waals surface area contributed by atoms with Gasteiger partial charge in [-0.1, -0.05) is 34.6 Å². The van der Waals surface area contributed by atoms with Crippen molar-refractivity contribution in [3.05, 3.63) is 23.9 Å². The standard InChI is InChI=1S/C14H20N2O2/c1-9(2)11(17)10-7-6-8-15-12(10)16-13(18)14(3,4)5/h6-9H,1-5H3,(H,15,16,18). The van der Waals surface area contributed by atoms with Crippen LogP contribution in [0, 0.1) is 11.3 Å². The number of hydrogen-bond acceptors (Lipinski definition) is 3. The molecule has 0 spiro atoms. The van der Waals surface area contributed by atoms with Gasteiger partial charge in [-0.3, -0.25) is 9.59 Å². The second kappa shape index (κ2) is 5.29. The van der Waals surface area contributed by atoms with Gasteiger partial charge in [0.1, 0.15) is 5.82 Å². The fourth-order valence-electron chi connectivity index (χ4n) is 1.31. The van der Waals surface area contributed by atoms with Gasteiger partial charge >= 0.3 is 0 Å². The number of Topliss-reactive ketones (excluding diaryl/α,β-unsaturated/α-hetero) is 1. The van der Waals surface area contributed by atoms with E-state index < -0.39 is 5.41 Å². The molecule has 1 aromatic rings. The number of ketones is 1. The lowest BCUT2D eigenvalue weighted by atomic mass is 9.95. The molecule has 1 amide bonds. The molecular formula is C14H20N2O2. The lowest BCUT2D eigenvalue weighted by molar-refractivity contribution is -0.123. The summed E-state index contributed by atoms with van der Waals surface area (Å²) in [6.07, 6.45) is 1.56. The Morgan fingerprint density at radius 3 is 2.39 bits per heavy atom. The van der Waals surface area contributed by atoms with Crippen LogP contribution in [0.15, 0.2) is 18.3 Å². The minimum absolute atomic E-state index is 0.0210. The van der Waals surface area contributed by atoms with Crippen molar-refractivity contribution >= 4 is 17.5 Å². The predicted octanol–water partition coefficient (Wildman–Crippen LogP) is 2.90. The average molecular weight is 248 g/mol. The molecule has 1 N–H and O–H groups in total. The molecule has 0 atom stereocenters. The van der Waals surface area contributed by atoms with Gasteiger partial charge in [-0.2, -0.15) is 0 Å². The van der Waals surface area contributed by atoms with Crippen molar-refractivity contribution < 1.29 is 9.59 Å². The summed E-state index contributed by atoms with van der Waals surface area (Å²) in [5, 5.41) is 2.72. The van der Waals surface area contributed by atoms with Crippen LogP contribution in [0.1, 0.15) is 45.0 Å². The number of rotatable bonds is 3. The van der Waals surface area contributed by atoms with Gasteiger partial charge in [0, 0.05) is 17.5 Å². The fourth-order valence-corrected chi connectivity index (χ4v) is 1.31. The minimum Gasteiger partial charge on any atom is -0.310 e. The van der Waals surface area contributed by atoms with Crippen molar-refractivity contribution in [3.63, 3.8) is 0 Å². The normalized spacial score (nSPS) is 11.4. The van der Waals surface area contributed by atoms with E-state index in [1.807, 2.05) is 34.6 Å². The highest BCUT2D eigenvalue weighted by Crippen LogP contribution is 2.20. The van der Waals surface area contributed by atoms with E-state index in [2.05, 4.69) is 10.3 Å². The van der Waals surface area contributed by atoms with Gasteiger partial charge in [-0.05, 0) is 12.1 Å². The van der Waals surface area contributed by atoms with E-state index in [1.54, 1.807) is 18.3 Å². The van der Waals surface area contributed by atoms with E-state index in [4.69, 9.17) is 0 Å². The monoisotopic (exact) mass is 248 g/mol. The molecular weight excluding hydrogens is 228 g/mol. The van der Waals surface area contributed by atoms with Crippen LogP contribution < -0.4 is 5.32 Å². The maximum Gasteiger partial charge on any atom is 0.230 e. The maximum absolute atomic E-state index is 12.0. The van der Waals surface area contributed by atoms with Crippen molar-refractivity contribution in [2.24, 2.45) is 11.3 Å². The van der Waals surface area contributed by atoms with Gasteiger partial charge in [-0.25, -0.2) is 4.98 Å². The van der Waals surface area contributed by atoms with Gasteiger partial charge in [0.2, 0.25) is 5.91 Å². The van der Waals surface area contributed by atoms with Crippen LogP contribution in [0.5, 0.6) is 0 Å². The van der Waals surface area contributed by atoms with Gasteiger partial charge in [0.05, 0.1) is 5.56 Å². The summed E-state index contributed by atoms with van der Waals surface area (Å²) in [4.78, 5) is 28.0. The number of aromatic nitrogens is 1. The summed E-state index contributed by atoms with van der Waals surface area (Å²) in [7, 11) is 0. The van der Waals surface area contributed by atoms with Gasteiger partial charge in [-0.15, -0.1) is 0 Å². The Morgan fingerprint density at radius 2 is 1.89 bits per heavy atom. The molecule has 0 aliphatic rings. The molecule has 98 valence electrons. The summed E-state index contributed by atoms with van der Waals surface area (Å²) < 4.78 is 0. The third-order valence-electron chi connectivity index (χ3n) is 2.51. The largest absolute Gasteiger partial charge is 0.310 e. The zero-order chi connectivity index (χ0) is 13.9. The first-order valence-electron chi connectivity index (χ1n) is 6.04. The van der Waals surface area contributed by atoms with Crippen LogP contribution in [0.4, 0.5) is 5.82 Å². The Balaban J connectivity index is 3.04. The molecule has 0 fully saturated rings. The number of nitrogens with zero attached hydrogens (tertiary/aromatic N) is 1. The van der Waals surface area contributed by atoms with E-state index in [9.17, 15) is 9.59 Å². The first kappa shape index (κ1) is 14.4. The van der Waals surface area contributed by atoms with E-state index >= 15 is 0 Å². The Kier molecular flexibility index (Phi) is 4.22. The lowest BCUT2D eigenvalue weighted by Gasteiger charge is -2.18. The van der Waals surface area contributed by atoms with Crippen molar-refractivity contribution in [3.8, 4) is 0 Å². The van der Waals surface area contributed by atoms with Gasteiger partial charge < -0.3 is 5.32 Å². The Labute approximate surface area is 108 Å². The van der Waals surface area contributed by atoms with Crippen molar-refractivity contribution in [1.82, 2.24) is 4.98 Å². The summed E-state index contributed by atoms with van der Waals surface area (Å²) >= 11 is 0. The maximum atomic E-state index is 12.0. The molecule has 1 aromatic heterocycles. The van der Waals surface area contributed by atoms with Crippen LogP contribution in [0.3, 0.4) is 0 Å². The molecule has 4 nitrogen and oxygen atoms in total. The SMILES string of the molecule is CC(C)C(=O)c1cccnc1NC(=O)C(C)(C)C. The third-order valence-corrected chi connectivity index (χ3v) is 2.51. The minimum atomic E-state index is -0.518. The highest BCUT2D eigenvalue weighted by Gasteiger charge is 2.24. The van der Waals surface area contributed by atoms with Crippen LogP contribution >= 0.6 is 0 Å². The number of nitrogens with one attached hydrogen (secondary N) is 1. The quantitative estimate of drug-likeness (QED) is 0.837. The second-order valence-corrected chi connectivity index (χ2v) is 5.62. The van der Waals surface area contributed by atoms with Crippen LogP contribution in [-0.2, 0) is 4.79 Å². The van der Waals surface area contributed by atoms with E-state index in [-0.39, 0.29) is 17.6 Å². The molecule has 0 bridgehead atoms. The van der Waals surface area contributed by atoms with E-state index in [0.717, 1.165) is 0 Å². The highest BCUT2D eigenvalue weighted by atomic mass is 16.2. The van der Waals surface area contributed by atoms with E-state index in [0.29, 0.717) is 11.4 Å². The number of pyridine rings is 1. The molecule has 18 heavy (non-hydrogen) atoms. The van der Waals surface area contributed by atoms with Crippen LogP contribution in [-0.4, -0.2) is 16.7 Å². The summed E-state index contributed by atoms with van der Waals surface area (Å²) in [5.74, 6) is 0.0435. The summed E-state index contributed by atoms with van der Waals surface area (Å²) in [6.45, 7) is 9.09. The number of carbonyl (C=O) groups excluding carboxylic acids is 2. The Morgan fingerprint density at radius 1 is 1.28 bits per heavy atom. The lowest BCUT2D eigenvalue weighted by Crippen LogP contribution is -2.29. The zero-order valence-electron chi connectivity index (χ0n) is 11.6. The van der Waals surface area contributed by atoms with E-state index in [1.165, 1.54) is 0 Å². The number of carbonyl (C=O) groups is 2. The van der Waals surface area contributed by atoms with Crippen LogP contribution in [0.2, 0.25) is 0 Å². The fraction of sp³-hybridized carbons (Fsp3) is 0.500. The molecule has 0 saturated heterocycles. The molecule has 1 rings (SSSR count). The number of hydrogen-bond donors (Lipinski definition) is 1. The molecule has 0 unspecified atom stereocenters. The molecule has 1 heterocycles. The van der Waals surface area contributed by atoms with Crippen molar-refractivity contribution in [2.45, 2.75) is 34.6 Å². The van der Waals surface area contributed by atoms with Gasteiger partial charge in [0.25, 0.3) is 0 Å². The molecule has 4 heteroatoms. The Bertz CT molecular complexity index is 459. The van der Waals surface area contributed by atoms with Crippen molar-refractivity contribution in [2.75, 3.05) is 5.32 Å². The highest BCUT2D eigenvalue weighted by molar-refractivity contribution is 6.05. The van der Waals surface area contributed by atoms with Gasteiger partial charge in [0.15, 0.2) is 5.78 Å². The summed E-state index contributed by atoms with van der Waals surface area (Å²) in [6, 6.07) is 3.38. The molecule has 0 saturated carbocycles. The third kappa shape index (κ3) is 3.39. The Hall–Kier alpha value is -1.71. The van der Waals surface area contributed by atoms with Crippen LogP contribution in [0.25, 0.3) is 0 Å². The number of anilines is 1. The molecule has 0 aliphatic carbocycles. The zero-order valence-corrected chi connectivity index (χ0v) is 11.6.